The Morgan fingerprint density at radius 3 is 2.52 bits per heavy atom. The van der Waals surface area contributed by atoms with Crippen molar-refractivity contribution < 1.29 is 9.32 Å². The summed E-state index contributed by atoms with van der Waals surface area (Å²) >= 11 is 0. The average molecular weight is 362 g/mol. The number of urea groups is 1. The third kappa shape index (κ3) is 4.16. The van der Waals surface area contributed by atoms with E-state index in [9.17, 15) is 4.79 Å². The lowest BCUT2D eigenvalue weighted by Gasteiger charge is -2.36. The molecule has 0 aliphatic carbocycles. The molecule has 6 heteroatoms. The zero-order chi connectivity index (χ0) is 18.5. The maximum Gasteiger partial charge on any atom is 0.317 e. The Labute approximate surface area is 158 Å². The topological polar surface area (TPSA) is 71.3 Å². The molecular formula is C21H22N4O2. The number of likely N-dealkylation sites (tertiary alicyclic amines) is 1. The Hall–Kier alpha value is -3.15. The molecule has 138 valence electrons. The summed E-state index contributed by atoms with van der Waals surface area (Å²) in [5.74, 6) is 1.31. The number of aromatic nitrogens is 2. The molecule has 0 radical (unpaired) electrons. The van der Waals surface area contributed by atoms with Crippen molar-refractivity contribution in [3.05, 3.63) is 72.1 Å². The summed E-state index contributed by atoms with van der Waals surface area (Å²) in [6.45, 7) is 1.90. The van der Waals surface area contributed by atoms with E-state index in [-0.39, 0.29) is 11.9 Å². The molecule has 2 aromatic carbocycles. The van der Waals surface area contributed by atoms with Gasteiger partial charge in [-0.1, -0.05) is 65.8 Å². The molecule has 1 N–H and O–H groups in total. The molecule has 1 aromatic heterocycles. The van der Waals surface area contributed by atoms with Crippen LogP contribution in [0.4, 0.5) is 4.79 Å². The lowest BCUT2D eigenvalue weighted by atomic mass is 10.0. The van der Waals surface area contributed by atoms with Gasteiger partial charge < -0.3 is 14.7 Å². The number of benzene rings is 2. The van der Waals surface area contributed by atoms with E-state index in [1.807, 2.05) is 48.5 Å². The molecule has 3 aromatic rings. The van der Waals surface area contributed by atoms with Gasteiger partial charge >= 0.3 is 6.03 Å². The predicted molar refractivity (Wildman–Crippen MR) is 102 cm³/mol. The van der Waals surface area contributed by atoms with E-state index >= 15 is 0 Å². The molecule has 6 nitrogen and oxygen atoms in total. The lowest BCUT2D eigenvalue weighted by molar-refractivity contribution is 0.137. The zero-order valence-electron chi connectivity index (χ0n) is 15.0. The number of hydrogen-bond donors (Lipinski definition) is 1. The van der Waals surface area contributed by atoms with E-state index in [4.69, 9.17) is 4.52 Å². The third-order valence-corrected chi connectivity index (χ3v) is 4.75. The fraction of sp³-hybridized carbons (Fsp3) is 0.286. The van der Waals surface area contributed by atoms with Gasteiger partial charge in [-0.2, -0.15) is 4.98 Å². The van der Waals surface area contributed by atoms with Crippen LogP contribution in [0.15, 0.2) is 65.2 Å². The Kier molecular flexibility index (Phi) is 5.14. The molecule has 1 fully saturated rings. The summed E-state index contributed by atoms with van der Waals surface area (Å²) in [7, 11) is 0. The first kappa shape index (κ1) is 17.3. The molecule has 1 saturated heterocycles. The van der Waals surface area contributed by atoms with Crippen LogP contribution in [0.3, 0.4) is 0 Å². The first-order chi connectivity index (χ1) is 13.3. The second kappa shape index (κ2) is 8.03. The highest BCUT2D eigenvalue weighted by Crippen LogP contribution is 2.27. The molecule has 2 amide bonds. The van der Waals surface area contributed by atoms with Crippen LogP contribution in [0.2, 0.25) is 0 Å². The third-order valence-electron chi connectivity index (χ3n) is 4.75. The number of carbonyl (C=O) groups excluding carboxylic acids is 1. The number of aryl methyl sites for hydroxylation is 1. The van der Waals surface area contributed by atoms with Crippen LogP contribution in [-0.2, 0) is 6.42 Å². The Morgan fingerprint density at radius 1 is 1.07 bits per heavy atom. The van der Waals surface area contributed by atoms with E-state index in [1.165, 1.54) is 5.56 Å². The normalized spacial score (nSPS) is 14.0. The zero-order valence-corrected chi connectivity index (χ0v) is 15.0. The van der Waals surface area contributed by atoms with Crippen LogP contribution in [0, 0.1) is 0 Å². The van der Waals surface area contributed by atoms with E-state index in [2.05, 4.69) is 27.6 Å². The smallest absolute Gasteiger partial charge is 0.317 e. The van der Waals surface area contributed by atoms with Crippen molar-refractivity contribution in [2.75, 3.05) is 19.6 Å². The minimum atomic E-state index is -0.0258. The highest BCUT2D eigenvalue weighted by molar-refractivity contribution is 5.75. The predicted octanol–water partition coefficient (Wildman–Crippen LogP) is 3.48. The van der Waals surface area contributed by atoms with Gasteiger partial charge in [0.25, 0.3) is 0 Å². The van der Waals surface area contributed by atoms with E-state index < -0.39 is 0 Å². The Morgan fingerprint density at radius 2 is 1.78 bits per heavy atom. The molecule has 0 atom stereocenters. The molecular weight excluding hydrogens is 340 g/mol. The number of amides is 2. The average Bonchev–Trinajstić information content (AvgIpc) is 3.15. The second-order valence-corrected chi connectivity index (χ2v) is 6.75. The van der Waals surface area contributed by atoms with Crippen molar-refractivity contribution in [2.24, 2.45) is 0 Å². The van der Waals surface area contributed by atoms with Crippen molar-refractivity contribution in [1.82, 2.24) is 20.4 Å². The van der Waals surface area contributed by atoms with Gasteiger partial charge in [-0.05, 0) is 18.4 Å². The van der Waals surface area contributed by atoms with E-state index in [1.54, 1.807) is 4.90 Å². The summed E-state index contributed by atoms with van der Waals surface area (Å²) in [4.78, 5) is 18.4. The maximum absolute atomic E-state index is 12.2. The molecule has 2 heterocycles. The van der Waals surface area contributed by atoms with E-state index in [0.717, 1.165) is 18.4 Å². The van der Waals surface area contributed by atoms with Crippen molar-refractivity contribution in [3.63, 3.8) is 0 Å². The molecule has 1 aliphatic heterocycles. The maximum atomic E-state index is 12.2. The van der Waals surface area contributed by atoms with Gasteiger partial charge in [-0.3, -0.25) is 0 Å². The largest absolute Gasteiger partial charge is 0.339 e. The number of carbonyl (C=O) groups is 1. The van der Waals surface area contributed by atoms with Gasteiger partial charge in [0.2, 0.25) is 11.7 Å². The summed E-state index contributed by atoms with van der Waals surface area (Å²) in [5.41, 5.74) is 2.22. The second-order valence-electron chi connectivity index (χ2n) is 6.75. The molecule has 4 rings (SSSR count). The molecule has 27 heavy (non-hydrogen) atoms. The first-order valence-electron chi connectivity index (χ1n) is 9.25. The minimum Gasteiger partial charge on any atom is -0.339 e. The van der Waals surface area contributed by atoms with Gasteiger partial charge in [0.1, 0.15) is 0 Å². The SMILES string of the molecule is O=C(NCCCc1ccccc1)N1CC(c2nc(-c3ccccc3)no2)C1. The van der Waals surface area contributed by atoms with Gasteiger partial charge in [0.15, 0.2) is 0 Å². The van der Waals surface area contributed by atoms with Crippen molar-refractivity contribution in [2.45, 2.75) is 18.8 Å². The summed E-state index contributed by atoms with van der Waals surface area (Å²) in [6.07, 6.45) is 1.89. The van der Waals surface area contributed by atoms with Gasteiger partial charge in [-0.15, -0.1) is 0 Å². The molecule has 0 bridgehead atoms. The van der Waals surface area contributed by atoms with Crippen LogP contribution < -0.4 is 5.32 Å². The number of hydrogen-bond acceptors (Lipinski definition) is 4. The van der Waals surface area contributed by atoms with Crippen molar-refractivity contribution >= 4 is 6.03 Å². The van der Waals surface area contributed by atoms with Crippen LogP contribution in [-0.4, -0.2) is 40.7 Å². The standard InChI is InChI=1S/C21H22N4O2/c26-21(22-13-7-10-16-8-3-1-4-9-16)25-14-18(15-25)20-23-19(24-27-20)17-11-5-2-6-12-17/h1-6,8-9,11-12,18H,7,10,13-15H2,(H,22,26). The van der Waals surface area contributed by atoms with Crippen LogP contribution in [0.5, 0.6) is 0 Å². The summed E-state index contributed by atoms with van der Waals surface area (Å²) in [5, 5.41) is 7.02. The molecule has 0 unspecified atom stereocenters. The van der Waals surface area contributed by atoms with Crippen molar-refractivity contribution in [3.8, 4) is 11.4 Å². The molecule has 0 spiro atoms. The van der Waals surface area contributed by atoms with E-state index in [0.29, 0.717) is 31.3 Å². The minimum absolute atomic E-state index is 0.0258. The molecule has 0 saturated carbocycles. The Bertz CT molecular complexity index is 873. The van der Waals surface area contributed by atoms with Gasteiger partial charge in [0.05, 0.1) is 5.92 Å². The van der Waals surface area contributed by atoms with Crippen LogP contribution >= 0.6 is 0 Å². The fourth-order valence-electron chi connectivity index (χ4n) is 3.15. The Balaban J connectivity index is 1.20. The number of nitrogens with zero attached hydrogens (tertiary/aromatic N) is 3. The van der Waals surface area contributed by atoms with Gasteiger partial charge in [0, 0.05) is 25.2 Å². The van der Waals surface area contributed by atoms with Crippen LogP contribution in [0.1, 0.15) is 23.8 Å². The monoisotopic (exact) mass is 362 g/mol. The highest BCUT2D eigenvalue weighted by atomic mass is 16.5. The number of nitrogens with one attached hydrogen (secondary N) is 1. The fourth-order valence-corrected chi connectivity index (χ4v) is 3.15. The summed E-state index contributed by atoms with van der Waals surface area (Å²) in [6, 6.07) is 20.0. The number of rotatable bonds is 6. The lowest BCUT2D eigenvalue weighted by Crippen LogP contribution is -2.52. The molecule has 1 aliphatic rings. The first-order valence-corrected chi connectivity index (χ1v) is 9.25. The van der Waals surface area contributed by atoms with Crippen LogP contribution in [0.25, 0.3) is 11.4 Å². The van der Waals surface area contributed by atoms with Crippen molar-refractivity contribution in [1.29, 1.82) is 0 Å². The quantitative estimate of drug-likeness (QED) is 0.682. The summed E-state index contributed by atoms with van der Waals surface area (Å²) < 4.78 is 5.38. The van der Waals surface area contributed by atoms with Gasteiger partial charge in [-0.25, -0.2) is 4.79 Å². The highest BCUT2D eigenvalue weighted by Gasteiger charge is 2.35.